The Hall–Kier alpha value is -10.6. The second-order valence-corrected chi connectivity index (χ2v) is 19.6. The van der Waals surface area contributed by atoms with Crippen molar-refractivity contribution in [3.8, 4) is 0 Å². The Morgan fingerprint density at radius 1 is 0.241 bits per heavy atom. The highest BCUT2D eigenvalue weighted by Crippen LogP contribution is 2.37. The van der Waals surface area contributed by atoms with Gasteiger partial charge in [-0.05, 0) is 97.1 Å². The fourth-order valence-electron chi connectivity index (χ4n) is 9.42. The van der Waals surface area contributed by atoms with Crippen LogP contribution in [0.1, 0.15) is 82.9 Å². The van der Waals surface area contributed by atoms with E-state index < -0.39 is 122 Å². The Morgan fingerprint density at radius 3 is 0.770 bits per heavy atom. The second-order valence-electron chi connectivity index (χ2n) is 19.6. The fourth-order valence-corrected chi connectivity index (χ4v) is 9.42. The lowest BCUT2D eigenvalue weighted by Gasteiger charge is -2.48. The van der Waals surface area contributed by atoms with Crippen molar-refractivity contribution in [3.05, 3.63) is 287 Å². The van der Waals surface area contributed by atoms with Crippen LogP contribution in [0.5, 0.6) is 0 Å². The molecule has 0 bridgehead atoms. The van der Waals surface area contributed by atoms with Crippen molar-refractivity contribution in [1.29, 1.82) is 0 Å². The molecule has 10 rings (SSSR count). The van der Waals surface area contributed by atoms with Gasteiger partial charge in [0.05, 0.1) is 44.5 Å². The molecule has 2 aliphatic rings. The molecule has 2 fully saturated rings. The summed E-state index contributed by atoms with van der Waals surface area (Å²) in [5.74, 6) is -7.88. The summed E-state index contributed by atoms with van der Waals surface area (Å²) in [7, 11) is 0. The lowest BCUT2D eigenvalue weighted by molar-refractivity contribution is -0.351. The molecular weight excluding hydrogens is 1120 g/mol. The highest BCUT2D eigenvalue weighted by molar-refractivity contribution is 5.93. The first-order valence-corrected chi connectivity index (χ1v) is 27.4. The topological polar surface area (TPSA) is 238 Å². The second kappa shape index (κ2) is 28.8. The lowest BCUT2D eigenvalue weighted by atomic mass is 9.95. The number of carbonyl (C=O) groups is 8. The van der Waals surface area contributed by atoms with Crippen LogP contribution in [0.15, 0.2) is 243 Å². The van der Waals surface area contributed by atoms with Crippen LogP contribution in [0.4, 0.5) is 0 Å². The van der Waals surface area contributed by atoms with Crippen molar-refractivity contribution in [2.45, 2.75) is 61.4 Å². The van der Waals surface area contributed by atoms with Gasteiger partial charge in [-0.1, -0.05) is 146 Å². The van der Waals surface area contributed by atoms with Gasteiger partial charge in [-0.25, -0.2) is 38.4 Å². The zero-order valence-electron chi connectivity index (χ0n) is 46.0. The van der Waals surface area contributed by atoms with Crippen LogP contribution >= 0.6 is 0 Å². The first kappa shape index (κ1) is 59.6. The minimum Gasteiger partial charge on any atom is -0.459 e. The Labute approximate surface area is 498 Å². The average Bonchev–Trinajstić information content (AvgIpc) is 2.51. The Morgan fingerprint density at radius 2 is 0.460 bits per heavy atom. The Balaban J connectivity index is 1.14. The van der Waals surface area contributed by atoms with Gasteiger partial charge < -0.3 is 52.1 Å². The summed E-state index contributed by atoms with van der Waals surface area (Å²) in [6.45, 7) is -1.58. The number of rotatable bonds is 20. The van der Waals surface area contributed by atoms with E-state index in [0.717, 1.165) is 0 Å². The highest BCUT2D eigenvalue weighted by atomic mass is 16.8. The smallest absolute Gasteiger partial charge is 0.340 e. The molecular formula is C68H54O19. The van der Waals surface area contributed by atoms with E-state index in [2.05, 4.69) is 0 Å². The first-order chi connectivity index (χ1) is 42.5. The predicted octanol–water partition coefficient (Wildman–Crippen LogP) is 9.52. The van der Waals surface area contributed by atoms with Gasteiger partial charge in [0.1, 0.15) is 31.5 Å². The molecule has 0 aliphatic carbocycles. The maximum absolute atomic E-state index is 14.7. The molecule has 0 saturated carbocycles. The molecule has 0 spiro atoms. The van der Waals surface area contributed by atoms with Crippen molar-refractivity contribution >= 4 is 47.8 Å². The largest absolute Gasteiger partial charge is 0.459 e. The van der Waals surface area contributed by atoms with Gasteiger partial charge in [-0.15, -0.1) is 0 Å². The summed E-state index contributed by atoms with van der Waals surface area (Å²) in [5, 5.41) is 0. The summed E-state index contributed by atoms with van der Waals surface area (Å²) in [5.41, 5.74) is 0.168. The van der Waals surface area contributed by atoms with Gasteiger partial charge in [-0.2, -0.15) is 0 Å². The number of esters is 8. The van der Waals surface area contributed by atoms with E-state index in [9.17, 15) is 38.4 Å². The van der Waals surface area contributed by atoms with E-state index in [0.29, 0.717) is 0 Å². The molecule has 2 aliphatic heterocycles. The van der Waals surface area contributed by atoms with E-state index in [1.807, 2.05) is 0 Å². The van der Waals surface area contributed by atoms with Crippen LogP contribution in [0.2, 0.25) is 0 Å². The van der Waals surface area contributed by atoms with Crippen molar-refractivity contribution in [1.82, 2.24) is 0 Å². The minimum absolute atomic E-state index is 0.00860. The molecule has 0 aromatic heterocycles. The van der Waals surface area contributed by atoms with Gasteiger partial charge >= 0.3 is 47.8 Å². The maximum Gasteiger partial charge on any atom is 0.340 e. The van der Waals surface area contributed by atoms with Crippen LogP contribution in [0.3, 0.4) is 0 Å². The van der Waals surface area contributed by atoms with Crippen LogP contribution in [0, 0.1) is 0 Å². The third kappa shape index (κ3) is 15.2. The van der Waals surface area contributed by atoms with Gasteiger partial charge in [0, 0.05) is 0 Å². The molecule has 0 N–H and O–H groups in total. The molecule has 87 heavy (non-hydrogen) atoms. The van der Waals surface area contributed by atoms with Gasteiger partial charge in [-0.3, -0.25) is 0 Å². The minimum atomic E-state index is -2.13. The van der Waals surface area contributed by atoms with Crippen molar-refractivity contribution < 1.29 is 90.5 Å². The summed E-state index contributed by atoms with van der Waals surface area (Å²) < 4.78 is 69.7. The van der Waals surface area contributed by atoms with Gasteiger partial charge in [0.2, 0.25) is 12.4 Å². The Kier molecular flexibility index (Phi) is 19.7. The molecule has 8 aromatic carbocycles. The molecule has 19 nitrogen and oxygen atoms in total. The molecule has 10 unspecified atom stereocenters. The number of hydrogen-bond donors (Lipinski definition) is 0. The average molecular weight is 1180 g/mol. The third-order valence-electron chi connectivity index (χ3n) is 13.7. The number of benzene rings is 8. The van der Waals surface area contributed by atoms with Crippen LogP contribution < -0.4 is 0 Å². The van der Waals surface area contributed by atoms with E-state index in [-0.39, 0.29) is 44.5 Å². The summed E-state index contributed by atoms with van der Waals surface area (Å²) in [4.78, 5) is 115. The van der Waals surface area contributed by atoms with Crippen molar-refractivity contribution in [3.63, 3.8) is 0 Å². The van der Waals surface area contributed by atoms with Crippen molar-refractivity contribution in [2.75, 3.05) is 13.2 Å². The van der Waals surface area contributed by atoms with E-state index in [1.54, 1.807) is 146 Å². The molecule has 10 atom stereocenters. The molecule has 19 heteroatoms. The van der Waals surface area contributed by atoms with Crippen LogP contribution in [0.25, 0.3) is 0 Å². The summed E-state index contributed by atoms with van der Waals surface area (Å²) in [6.07, 6.45) is -19.4. The van der Waals surface area contributed by atoms with Crippen LogP contribution in [-0.4, -0.2) is 122 Å². The van der Waals surface area contributed by atoms with Crippen LogP contribution in [-0.2, 0) is 52.1 Å². The molecule has 2 saturated heterocycles. The van der Waals surface area contributed by atoms with E-state index in [1.165, 1.54) is 97.1 Å². The quantitative estimate of drug-likeness (QED) is 0.0510. The summed E-state index contributed by atoms with van der Waals surface area (Å²) in [6, 6.07) is 61.7. The van der Waals surface area contributed by atoms with Gasteiger partial charge in [0.25, 0.3) is 0 Å². The monoisotopic (exact) mass is 1170 g/mol. The molecule has 0 amide bonds. The Bertz CT molecular complexity index is 3620. The molecule has 0 radical (unpaired) electrons. The van der Waals surface area contributed by atoms with E-state index >= 15 is 0 Å². The molecule has 8 aromatic rings. The third-order valence-corrected chi connectivity index (χ3v) is 13.7. The fraction of sp³-hybridized carbons (Fsp3) is 0.176. The zero-order chi connectivity index (χ0) is 60.5. The molecule has 440 valence electrons. The number of ether oxygens (including phenoxy) is 11. The van der Waals surface area contributed by atoms with Gasteiger partial charge in [0.15, 0.2) is 30.7 Å². The normalized spacial score (nSPS) is 21.3. The SMILES string of the molecule is O=C(OCC1OC(OC2C(COC(=O)c3ccccc3)OC(OC(=O)c3ccccc3)C(OC(=O)c3ccccc3)C2OC(=O)c2ccccc2)C(OC(=O)c2ccccc2)C(OC(=O)c2ccccc2)C1OC(=O)c1ccccc1)c1ccccc1. The number of hydrogen-bond acceptors (Lipinski definition) is 19. The standard InChI is InChI=1S/C68H54O19/c69-59(43-25-9-1-10-26-43)77-41-51-53(81-61(71)45-29-13-3-14-30-45)55(82-62(72)46-31-15-4-16-32-46)57(84-64(74)48-35-19-6-20-36-48)67(79-51)86-54-52(42-78-60(70)44-27-11-2-12-28-44)80-68(87-66(76)50-39-23-8-24-40-50)58(85-65(75)49-37-21-7-22-38-49)56(54)83-63(73)47-33-17-5-18-34-47/h1-40,51-58,67-68H,41-42H2. The zero-order valence-corrected chi connectivity index (χ0v) is 46.0. The summed E-state index contributed by atoms with van der Waals surface area (Å²) >= 11 is 0. The first-order valence-electron chi connectivity index (χ1n) is 27.4. The highest BCUT2D eigenvalue weighted by Gasteiger charge is 2.59. The molecule has 2 heterocycles. The predicted molar refractivity (Wildman–Crippen MR) is 306 cm³/mol. The lowest BCUT2D eigenvalue weighted by Crippen LogP contribution is -2.67. The number of carbonyl (C=O) groups excluding carboxylic acids is 8. The maximum atomic E-state index is 14.7. The van der Waals surface area contributed by atoms with E-state index in [4.69, 9.17) is 52.1 Å². The van der Waals surface area contributed by atoms with Crippen molar-refractivity contribution in [2.24, 2.45) is 0 Å².